The normalized spacial score (nSPS) is 27.7. The van der Waals surface area contributed by atoms with Crippen LogP contribution in [0.4, 0.5) is 0 Å². The molecule has 0 aliphatic carbocycles. The highest BCUT2D eigenvalue weighted by Gasteiger charge is 2.35. The first-order valence-electron chi connectivity index (χ1n) is 8.34. The molecule has 3 rings (SSSR count). The molecule has 1 aromatic rings. The predicted octanol–water partition coefficient (Wildman–Crippen LogP) is 1.29. The molecular weight excluding hydrogens is 264 g/mol. The molecule has 118 valence electrons. The first kappa shape index (κ1) is 15.0. The zero-order valence-electron chi connectivity index (χ0n) is 13.3. The molecule has 3 heterocycles. The van der Waals surface area contributed by atoms with Crippen molar-refractivity contribution in [2.75, 3.05) is 26.7 Å². The minimum absolute atomic E-state index is 0.274. The Kier molecular flexibility index (Phi) is 4.93. The molecule has 1 N–H and O–H groups in total. The van der Waals surface area contributed by atoms with Gasteiger partial charge in [-0.25, -0.2) is 4.98 Å². The maximum atomic E-state index is 6.15. The lowest BCUT2D eigenvalue weighted by Gasteiger charge is -2.38. The monoisotopic (exact) mass is 292 g/mol. The molecule has 0 amide bonds. The summed E-state index contributed by atoms with van der Waals surface area (Å²) in [6.45, 7) is 6.45. The largest absolute Gasteiger partial charge is 0.374 e. The number of hydrogen-bond donors (Lipinski definition) is 1. The van der Waals surface area contributed by atoms with E-state index >= 15 is 0 Å². The van der Waals surface area contributed by atoms with Crippen LogP contribution in [-0.2, 0) is 17.7 Å². The van der Waals surface area contributed by atoms with Crippen LogP contribution in [0.3, 0.4) is 0 Å². The van der Waals surface area contributed by atoms with Crippen LogP contribution in [0.1, 0.15) is 32.0 Å². The van der Waals surface area contributed by atoms with Crippen molar-refractivity contribution >= 4 is 0 Å². The van der Waals surface area contributed by atoms with E-state index in [1.54, 1.807) is 0 Å². The lowest BCUT2D eigenvalue weighted by Crippen LogP contribution is -2.54. The third-order valence-electron chi connectivity index (χ3n) is 4.90. The fourth-order valence-corrected chi connectivity index (χ4v) is 3.68. The van der Waals surface area contributed by atoms with E-state index < -0.39 is 0 Å². The molecule has 1 aromatic heterocycles. The number of aryl methyl sites for hydroxylation is 1. The van der Waals surface area contributed by atoms with Crippen molar-refractivity contribution < 1.29 is 4.74 Å². The number of hydrogen-bond acceptors (Lipinski definition) is 4. The number of fused-ring (bicyclic) bond motifs is 1. The fourth-order valence-electron chi connectivity index (χ4n) is 3.68. The van der Waals surface area contributed by atoms with Gasteiger partial charge in [0.2, 0.25) is 0 Å². The van der Waals surface area contributed by atoms with E-state index in [2.05, 4.69) is 32.9 Å². The van der Waals surface area contributed by atoms with E-state index in [1.807, 2.05) is 13.2 Å². The summed E-state index contributed by atoms with van der Waals surface area (Å²) in [5.74, 6) is 1.17. The van der Waals surface area contributed by atoms with Gasteiger partial charge in [0.1, 0.15) is 5.82 Å². The zero-order valence-corrected chi connectivity index (χ0v) is 13.3. The number of nitrogens with zero attached hydrogens (tertiary/aromatic N) is 3. The average molecular weight is 292 g/mol. The highest BCUT2D eigenvalue weighted by molar-refractivity contribution is 4.99. The lowest BCUT2D eigenvalue weighted by molar-refractivity contribution is -0.0637. The molecular formula is C16H28N4O. The zero-order chi connectivity index (χ0) is 14.7. The minimum Gasteiger partial charge on any atom is -0.374 e. The number of likely N-dealkylation sites (N-methyl/N-ethyl adjacent to an activating group) is 1. The number of nitrogens with one attached hydrogen (secondary N) is 1. The maximum absolute atomic E-state index is 6.15. The molecule has 2 aliphatic rings. The van der Waals surface area contributed by atoms with Crippen molar-refractivity contribution in [3.05, 3.63) is 18.2 Å². The van der Waals surface area contributed by atoms with E-state index in [4.69, 9.17) is 4.74 Å². The average Bonchev–Trinajstić information content (AvgIpc) is 3.13. The molecule has 21 heavy (non-hydrogen) atoms. The number of imidazole rings is 1. The topological polar surface area (TPSA) is 42.3 Å². The van der Waals surface area contributed by atoms with Crippen LogP contribution in [0.25, 0.3) is 0 Å². The third-order valence-corrected chi connectivity index (χ3v) is 4.90. The van der Waals surface area contributed by atoms with Crippen molar-refractivity contribution in [1.82, 2.24) is 19.8 Å². The van der Waals surface area contributed by atoms with Gasteiger partial charge in [-0.1, -0.05) is 6.92 Å². The van der Waals surface area contributed by atoms with E-state index in [0.717, 1.165) is 32.5 Å². The molecule has 3 unspecified atom stereocenters. The molecule has 3 atom stereocenters. The van der Waals surface area contributed by atoms with Crippen LogP contribution in [0.15, 0.2) is 12.4 Å². The number of morpholine rings is 1. The summed E-state index contributed by atoms with van der Waals surface area (Å²) in [7, 11) is 2.04. The Bertz CT molecular complexity index is 447. The molecule has 2 saturated heterocycles. The van der Waals surface area contributed by atoms with Gasteiger partial charge in [0, 0.05) is 44.0 Å². The molecule has 0 spiro atoms. The molecule has 2 aliphatic heterocycles. The van der Waals surface area contributed by atoms with Gasteiger partial charge < -0.3 is 14.6 Å². The van der Waals surface area contributed by atoms with Gasteiger partial charge >= 0.3 is 0 Å². The molecule has 0 radical (unpaired) electrons. The van der Waals surface area contributed by atoms with Gasteiger partial charge in [0.05, 0.1) is 12.7 Å². The lowest BCUT2D eigenvalue weighted by atomic mass is 10.0. The van der Waals surface area contributed by atoms with Crippen molar-refractivity contribution in [3.63, 3.8) is 0 Å². The van der Waals surface area contributed by atoms with Crippen LogP contribution in [-0.4, -0.2) is 59.4 Å². The Balaban J connectivity index is 1.63. The first-order valence-corrected chi connectivity index (χ1v) is 8.34. The number of aromatic nitrogens is 2. The van der Waals surface area contributed by atoms with E-state index in [1.165, 1.54) is 25.2 Å². The first-order chi connectivity index (χ1) is 10.3. The molecule has 0 aromatic carbocycles. The predicted molar refractivity (Wildman–Crippen MR) is 83.4 cm³/mol. The van der Waals surface area contributed by atoms with Crippen molar-refractivity contribution in [2.45, 2.75) is 57.3 Å². The molecule has 0 bridgehead atoms. The Morgan fingerprint density at radius 3 is 3.24 bits per heavy atom. The minimum atomic E-state index is 0.274. The van der Waals surface area contributed by atoms with E-state index in [-0.39, 0.29) is 6.10 Å². The fraction of sp³-hybridized carbons (Fsp3) is 0.812. The van der Waals surface area contributed by atoms with E-state index in [9.17, 15) is 0 Å². The standard InChI is InChI=1S/C16H28N4O/c1-3-7-19-9-6-18-16(19)10-14(17-2)15-11-20-8-4-5-13(20)12-21-15/h6,9,13-15,17H,3-5,7-8,10-12H2,1-2H3. The summed E-state index contributed by atoms with van der Waals surface area (Å²) in [6, 6.07) is 1.00. The Hall–Kier alpha value is -0.910. The summed E-state index contributed by atoms with van der Waals surface area (Å²) in [5.41, 5.74) is 0. The second kappa shape index (κ2) is 6.90. The van der Waals surface area contributed by atoms with Crippen molar-refractivity contribution in [1.29, 1.82) is 0 Å². The van der Waals surface area contributed by atoms with Crippen LogP contribution >= 0.6 is 0 Å². The van der Waals surface area contributed by atoms with Gasteiger partial charge in [0.25, 0.3) is 0 Å². The number of rotatable bonds is 6. The van der Waals surface area contributed by atoms with Crippen molar-refractivity contribution in [2.24, 2.45) is 0 Å². The van der Waals surface area contributed by atoms with Crippen LogP contribution in [0, 0.1) is 0 Å². The highest BCUT2D eigenvalue weighted by atomic mass is 16.5. The molecule has 0 saturated carbocycles. The Labute approximate surface area is 127 Å². The molecule has 2 fully saturated rings. The van der Waals surface area contributed by atoms with Crippen LogP contribution in [0.5, 0.6) is 0 Å². The summed E-state index contributed by atoms with van der Waals surface area (Å²) in [5, 5.41) is 3.45. The second-order valence-electron chi connectivity index (χ2n) is 6.30. The summed E-state index contributed by atoms with van der Waals surface area (Å²) >= 11 is 0. The van der Waals surface area contributed by atoms with Gasteiger partial charge in [-0.2, -0.15) is 0 Å². The Morgan fingerprint density at radius 1 is 1.52 bits per heavy atom. The van der Waals surface area contributed by atoms with Gasteiger partial charge in [-0.05, 0) is 32.9 Å². The Morgan fingerprint density at radius 2 is 2.43 bits per heavy atom. The van der Waals surface area contributed by atoms with Crippen LogP contribution < -0.4 is 5.32 Å². The SMILES string of the molecule is CCCn1ccnc1CC(NC)C1CN2CCCC2CO1. The maximum Gasteiger partial charge on any atom is 0.110 e. The van der Waals surface area contributed by atoms with E-state index in [0.29, 0.717) is 12.1 Å². The van der Waals surface area contributed by atoms with Gasteiger partial charge in [-0.3, -0.25) is 4.90 Å². The smallest absolute Gasteiger partial charge is 0.110 e. The van der Waals surface area contributed by atoms with Crippen molar-refractivity contribution in [3.8, 4) is 0 Å². The second-order valence-corrected chi connectivity index (χ2v) is 6.30. The third kappa shape index (κ3) is 3.30. The summed E-state index contributed by atoms with van der Waals surface area (Å²) in [6.07, 6.45) is 8.98. The van der Waals surface area contributed by atoms with Gasteiger partial charge in [0.15, 0.2) is 0 Å². The highest BCUT2D eigenvalue weighted by Crippen LogP contribution is 2.24. The van der Waals surface area contributed by atoms with Gasteiger partial charge in [-0.15, -0.1) is 0 Å². The summed E-state index contributed by atoms with van der Waals surface area (Å²) < 4.78 is 8.42. The summed E-state index contributed by atoms with van der Waals surface area (Å²) in [4.78, 5) is 7.15. The molecule has 5 heteroatoms. The quantitative estimate of drug-likeness (QED) is 0.858. The van der Waals surface area contributed by atoms with Crippen LogP contribution in [0.2, 0.25) is 0 Å². The number of ether oxygens (including phenoxy) is 1. The molecule has 5 nitrogen and oxygen atoms in total.